The summed E-state index contributed by atoms with van der Waals surface area (Å²) in [6.07, 6.45) is 0.0338. The van der Waals surface area contributed by atoms with Crippen LogP contribution < -0.4 is 14.2 Å². The van der Waals surface area contributed by atoms with Crippen LogP contribution in [-0.4, -0.2) is 34.1 Å². The van der Waals surface area contributed by atoms with Gasteiger partial charge >= 0.3 is 6.36 Å². The van der Waals surface area contributed by atoms with Gasteiger partial charge in [-0.05, 0) is 67.9 Å². The van der Waals surface area contributed by atoms with Gasteiger partial charge in [-0.2, -0.15) is 0 Å². The molecule has 5 rings (SSSR count). The van der Waals surface area contributed by atoms with Crippen molar-refractivity contribution in [1.82, 2.24) is 14.6 Å². The lowest BCUT2D eigenvalue weighted by Crippen LogP contribution is -2.27. The minimum Gasteiger partial charge on any atom is -0.489 e. The first kappa shape index (κ1) is 23.0. The van der Waals surface area contributed by atoms with Crippen LogP contribution in [0.2, 0.25) is 5.02 Å². The lowest BCUT2D eigenvalue weighted by molar-refractivity contribution is -0.274. The van der Waals surface area contributed by atoms with Crippen molar-refractivity contribution < 1.29 is 31.1 Å². The van der Waals surface area contributed by atoms with Crippen molar-refractivity contribution in [2.24, 2.45) is 0 Å². The van der Waals surface area contributed by atoms with Crippen LogP contribution in [0, 0.1) is 0 Å². The number of rotatable bonds is 8. The van der Waals surface area contributed by atoms with Crippen LogP contribution in [0.3, 0.4) is 0 Å². The second kappa shape index (κ2) is 7.91. The van der Waals surface area contributed by atoms with Crippen molar-refractivity contribution in [3.05, 3.63) is 46.6 Å². The number of nitrogens with zero attached hydrogens (tertiary/aromatic N) is 3. The van der Waals surface area contributed by atoms with Crippen molar-refractivity contribution in [1.29, 1.82) is 0 Å². The smallest absolute Gasteiger partial charge is 0.489 e. The van der Waals surface area contributed by atoms with Crippen LogP contribution in [0.25, 0.3) is 5.65 Å². The molecule has 1 N–H and O–H groups in total. The molecule has 0 aliphatic heterocycles. The van der Waals surface area contributed by atoms with E-state index in [1.807, 2.05) is 0 Å². The molecular weight excluding hydrogens is 497 g/mol. The molecule has 0 atom stereocenters. The summed E-state index contributed by atoms with van der Waals surface area (Å²) >= 11 is 5.92. The fourth-order valence-electron chi connectivity index (χ4n) is 3.61. The van der Waals surface area contributed by atoms with Gasteiger partial charge in [-0.3, -0.25) is 9.12 Å². The lowest BCUT2D eigenvalue weighted by atomic mass is 10.1. The first-order valence-electron chi connectivity index (χ1n) is 10.5. The molecule has 0 saturated heterocycles. The highest BCUT2D eigenvalue weighted by Gasteiger charge is 2.50. The molecule has 0 bridgehead atoms. The number of ether oxygens (including phenoxy) is 2. The van der Waals surface area contributed by atoms with Crippen LogP contribution in [-0.2, 0) is 16.6 Å². The Morgan fingerprint density at radius 3 is 2.53 bits per heavy atom. The topological polar surface area (TPSA) is 94.8 Å². The molecule has 0 spiro atoms. The van der Waals surface area contributed by atoms with Crippen molar-refractivity contribution in [3.63, 3.8) is 0 Å². The molecule has 2 aromatic heterocycles. The Balaban J connectivity index is 1.41. The summed E-state index contributed by atoms with van der Waals surface area (Å²) in [4.78, 5) is 0. The van der Waals surface area contributed by atoms with Crippen LogP contribution in [0.1, 0.15) is 49.7 Å². The molecule has 8 nitrogen and oxygen atoms in total. The molecule has 2 saturated carbocycles. The minimum atomic E-state index is -4.85. The summed E-state index contributed by atoms with van der Waals surface area (Å²) < 4.78 is 75.9. The van der Waals surface area contributed by atoms with E-state index in [9.17, 15) is 21.6 Å². The van der Waals surface area contributed by atoms with Crippen molar-refractivity contribution in [3.8, 4) is 11.5 Å². The van der Waals surface area contributed by atoms with Gasteiger partial charge in [-0.25, -0.2) is 8.42 Å². The van der Waals surface area contributed by atoms with Crippen LogP contribution in [0.4, 0.5) is 19.1 Å². The molecule has 0 unspecified atom stereocenters. The zero-order valence-corrected chi connectivity index (χ0v) is 19.5. The molecule has 2 aliphatic rings. The van der Waals surface area contributed by atoms with E-state index < -0.39 is 26.9 Å². The normalized spacial score (nSPS) is 17.6. The Morgan fingerprint density at radius 1 is 1.18 bits per heavy atom. The predicted octanol–water partition coefficient (Wildman–Crippen LogP) is 5.03. The van der Waals surface area contributed by atoms with Gasteiger partial charge in [0, 0.05) is 17.3 Å². The fraction of sp³-hybridized carbons (Fsp3) is 0.429. The van der Waals surface area contributed by atoms with E-state index >= 15 is 0 Å². The van der Waals surface area contributed by atoms with Crippen molar-refractivity contribution >= 4 is 33.2 Å². The third kappa shape index (κ3) is 4.74. The molecule has 2 fully saturated rings. The summed E-state index contributed by atoms with van der Waals surface area (Å²) in [5, 5.41) is 8.11. The largest absolute Gasteiger partial charge is 0.573 e. The molecule has 0 radical (unpaired) electrons. The van der Waals surface area contributed by atoms with E-state index in [0.717, 1.165) is 36.1 Å². The Labute approximate surface area is 198 Å². The number of halogens is 4. The standard InChI is InChI=1S/C21H20ClF3N4O4S/c1-20(4-5-20)34(30,31)28-19-27-26-18-6-13(17(10-29(18)19)12-2-3-12)11-32-15-7-14(22)8-16(9-15)33-21(23,24)25/h6-10,12H,2-5,11H2,1H3,(H,27,28). The van der Waals surface area contributed by atoms with Gasteiger partial charge in [0.2, 0.25) is 16.0 Å². The summed E-state index contributed by atoms with van der Waals surface area (Å²) in [5.41, 5.74) is 2.11. The van der Waals surface area contributed by atoms with Gasteiger partial charge in [-0.1, -0.05) is 11.6 Å². The van der Waals surface area contributed by atoms with E-state index in [0.29, 0.717) is 18.5 Å². The first-order valence-corrected chi connectivity index (χ1v) is 12.4. The first-order chi connectivity index (χ1) is 15.9. The Morgan fingerprint density at radius 2 is 1.88 bits per heavy atom. The number of pyridine rings is 1. The molecule has 182 valence electrons. The molecule has 13 heteroatoms. The Hall–Kier alpha value is -2.73. The average Bonchev–Trinajstić information content (AvgIpc) is 3.65. The SMILES string of the molecule is CC1(S(=O)(=O)Nc2nnc3cc(COc4cc(Cl)cc(OC(F)(F)F)c4)c(C4CC4)cn23)CC1. The van der Waals surface area contributed by atoms with Crippen molar-refractivity contribution in [2.75, 3.05) is 4.72 Å². The highest BCUT2D eigenvalue weighted by atomic mass is 35.5. The van der Waals surface area contributed by atoms with Gasteiger partial charge in [0.25, 0.3) is 0 Å². The van der Waals surface area contributed by atoms with Gasteiger partial charge < -0.3 is 9.47 Å². The van der Waals surface area contributed by atoms with Gasteiger partial charge in [0.1, 0.15) is 18.1 Å². The summed E-state index contributed by atoms with van der Waals surface area (Å²) in [6.45, 7) is 1.73. The minimum absolute atomic E-state index is 0.0355. The highest BCUT2D eigenvalue weighted by Crippen LogP contribution is 2.44. The monoisotopic (exact) mass is 516 g/mol. The second-order valence-electron chi connectivity index (χ2n) is 8.79. The third-order valence-electron chi connectivity index (χ3n) is 5.98. The number of hydrogen-bond donors (Lipinski definition) is 1. The van der Waals surface area contributed by atoms with Gasteiger partial charge in [-0.15, -0.1) is 23.4 Å². The molecular formula is C21H20ClF3N4O4S. The van der Waals surface area contributed by atoms with Gasteiger partial charge in [0.05, 0.1) is 4.75 Å². The third-order valence-corrected chi connectivity index (χ3v) is 8.36. The predicted molar refractivity (Wildman–Crippen MR) is 118 cm³/mol. The van der Waals surface area contributed by atoms with E-state index in [1.165, 1.54) is 6.07 Å². The summed E-state index contributed by atoms with van der Waals surface area (Å²) in [7, 11) is -3.60. The maximum atomic E-state index is 12.6. The van der Waals surface area contributed by atoms with E-state index in [4.69, 9.17) is 16.3 Å². The number of aromatic nitrogens is 3. The molecule has 3 aromatic rings. The number of benzene rings is 1. The van der Waals surface area contributed by atoms with Gasteiger partial charge in [0.15, 0.2) is 5.65 Å². The molecule has 0 amide bonds. The fourth-order valence-corrected chi connectivity index (χ4v) is 5.09. The Kier molecular flexibility index (Phi) is 5.36. The maximum absolute atomic E-state index is 12.6. The molecule has 2 aliphatic carbocycles. The zero-order valence-electron chi connectivity index (χ0n) is 17.9. The molecule has 1 aromatic carbocycles. The van der Waals surface area contributed by atoms with Crippen LogP contribution in [0.15, 0.2) is 30.5 Å². The highest BCUT2D eigenvalue weighted by molar-refractivity contribution is 7.94. The molecule has 2 heterocycles. The molecule has 34 heavy (non-hydrogen) atoms. The van der Waals surface area contributed by atoms with E-state index in [2.05, 4.69) is 19.7 Å². The Bertz CT molecular complexity index is 1370. The lowest BCUT2D eigenvalue weighted by Gasteiger charge is -2.15. The number of alkyl halides is 3. The van der Waals surface area contributed by atoms with E-state index in [1.54, 1.807) is 23.6 Å². The second-order valence-corrected chi connectivity index (χ2v) is 11.4. The average molecular weight is 517 g/mol. The number of fused-ring (bicyclic) bond motifs is 1. The maximum Gasteiger partial charge on any atom is 0.573 e. The number of sulfonamides is 1. The van der Waals surface area contributed by atoms with E-state index in [-0.39, 0.29) is 29.2 Å². The zero-order chi connectivity index (χ0) is 24.3. The summed E-state index contributed by atoms with van der Waals surface area (Å²) in [5.74, 6) is 0.00754. The number of hydrogen-bond acceptors (Lipinski definition) is 6. The van der Waals surface area contributed by atoms with Crippen LogP contribution >= 0.6 is 11.6 Å². The number of anilines is 1. The van der Waals surface area contributed by atoms with Crippen LogP contribution in [0.5, 0.6) is 11.5 Å². The quantitative estimate of drug-likeness (QED) is 0.451. The van der Waals surface area contributed by atoms with Crippen molar-refractivity contribution in [2.45, 2.75) is 56.2 Å². The summed E-state index contributed by atoms with van der Waals surface area (Å²) in [6, 6.07) is 5.28. The number of nitrogens with one attached hydrogen (secondary N) is 1.